The third-order valence-corrected chi connectivity index (χ3v) is 5.45. The highest BCUT2D eigenvalue weighted by Crippen LogP contribution is 2.32. The Morgan fingerprint density at radius 2 is 1.76 bits per heavy atom. The van der Waals surface area contributed by atoms with Gasteiger partial charge in [0.15, 0.2) is 17.3 Å². The second-order valence-electron chi connectivity index (χ2n) is 7.52. The summed E-state index contributed by atoms with van der Waals surface area (Å²) in [5, 5.41) is 0.946. The minimum atomic E-state index is -3.01. The summed E-state index contributed by atoms with van der Waals surface area (Å²) < 4.78 is 35.1. The normalized spacial score (nSPS) is 11.9. The molecule has 0 amide bonds. The lowest BCUT2D eigenvalue weighted by atomic mass is 9.99. The summed E-state index contributed by atoms with van der Waals surface area (Å²) in [6.07, 6.45) is 3.58. The number of nitrogens with zero attached hydrogens (tertiary/aromatic N) is 1. The number of benzene rings is 3. The number of carbonyl (C=O) groups excluding carboxylic acids is 1. The number of allylic oxidation sites excluding steroid dienone is 1. The van der Waals surface area contributed by atoms with E-state index >= 15 is 0 Å². The van der Waals surface area contributed by atoms with Crippen LogP contribution < -0.4 is 9.47 Å². The van der Waals surface area contributed by atoms with Crippen LogP contribution >= 0.6 is 0 Å². The minimum absolute atomic E-state index is 0.0298. The van der Waals surface area contributed by atoms with Gasteiger partial charge in [-0.3, -0.25) is 4.79 Å². The molecule has 8 heteroatoms. The third kappa shape index (κ3) is 4.01. The number of rotatable bonds is 7. The molecule has 0 radical (unpaired) electrons. The summed E-state index contributed by atoms with van der Waals surface area (Å²) >= 11 is 0. The molecule has 0 spiro atoms. The summed E-state index contributed by atoms with van der Waals surface area (Å²) in [5.74, 6) is -0.0864. The zero-order valence-electron chi connectivity index (χ0n) is 18.0. The number of aromatic nitrogens is 3. The van der Waals surface area contributed by atoms with E-state index in [0.29, 0.717) is 16.9 Å². The van der Waals surface area contributed by atoms with E-state index < -0.39 is 6.61 Å². The van der Waals surface area contributed by atoms with E-state index in [2.05, 4.69) is 19.7 Å². The average molecular weight is 459 g/mol. The predicted molar refractivity (Wildman–Crippen MR) is 126 cm³/mol. The molecule has 0 aliphatic carbocycles. The van der Waals surface area contributed by atoms with Crippen molar-refractivity contribution in [3.63, 3.8) is 0 Å². The topological polar surface area (TPSA) is 80.0 Å². The molecular weight excluding hydrogens is 440 g/mol. The molecule has 3 aromatic carbocycles. The van der Waals surface area contributed by atoms with Crippen LogP contribution in [0.3, 0.4) is 0 Å². The molecule has 0 aliphatic rings. The van der Waals surface area contributed by atoms with Crippen LogP contribution in [0, 0.1) is 0 Å². The smallest absolute Gasteiger partial charge is 0.387 e. The van der Waals surface area contributed by atoms with Crippen molar-refractivity contribution in [1.29, 1.82) is 0 Å². The first kappa shape index (κ1) is 21.4. The quantitative estimate of drug-likeness (QED) is 0.228. The number of ether oxygens (including phenoxy) is 2. The number of hydrogen-bond acceptors (Lipinski definition) is 4. The molecule has 0 saturated carbocycles. The van der Waals surface area contributed by atoms with Crippen LogP contribution in [-0.2, 0) is 0 Å². The number of imidazole rings is 1. The van der Waals surface area contributed by atoms with Crippen LogP contribution in [0.25, 0.3) is 33.6 Å². The van der Waals surface area contributed by atoms with Gasteiger partial charge in [0.1, 0.15) is 5.82 Å². The largest absolute Gasteiger partial charge is 0.493 e. The number of methoxy groups -OCH3 is 1. The van der Waals surface area contributed by atoms with E-state index in [9.17, 15) is 13.6 Å². The molecule has 0 unspecified atom stereocenters. The van der Waals surface area contributed by atoms with Crippen molar-refractivity contribution in [2.24, 2.45) is 0 Å². The van der Waals surface area contributed by atoms with E-state index in [-0.39, 0.29) is 22.8 Å². The van der Waals surface area contributed by atoms with Crippen LogP contribution in [-0.4, -0.2) is 34.5 Å². The Kier molecular flexibility index (Phi) is 5.55. The Balaban J connectivity index is 1.64. The van der Waals surface area contributed by atoms with Crippen molar-refractivity contribution >= 4 is 39.4 Å². The van der Waals surface area contributed by atoms with Crippen molar-refractivity contribution in [2.45, 2.75) is 6.61 Å². The highest BCUT2D eigenvalue weighted by atomic mass is 19.3. The molecule has 5 aromatic rings. The number of H-pyrrole nitrogens is 2. The lowest BCUT2D eigenvalue weighted by Crippen LogP contribution is -2.07. The van der Waals surface area contributed by atoms with E-state index in [1.54, 1.807) is 6.08 Å². The van der Waals surface area contributed by atoms with Crippen LogP contribution in [0.4, 0.5) is 8.78 Å². The summed E-state index contributed by atoms with van der Waals surface area (Å²) in [5.41, 5.74) is 3.79. The number of nitrogens with one attached hydrogen (secondary N) is 2. The van der Waals surface area contributed by atoms with E-state index in [0.717, 1.165) is 22.0 Å². The Bertz CT molecular complexity index is 1500. The van der Waals surface area contributed by atoms with Crippen LogP contribution in [0.5, 0.6) is 11.5 Å². The van der Waals surface area contributed by atoms with Gasteiger partial charge in [-0.25, -0.2) is 4.98 Å². The van der Waals surface area contributed by atoms with Gasteiger partial charge in [-0.1, -0.05) is 30.3 Å². The Morgan fingerprint density at radius 3 is 2.53 bits per heavy atom. The highest BCUT2D eigenvalue weighted by Gasteiger charge is 2.21. The molecule has 0 atom stereocenters. The molecule has 5 rings (SSSR count). The standard InChI is InChI=1S/C26H19F2N3O3/c1-33-23-13-15(10-11-22(23)34-26(27)28)24(32)18(25-30-20-8-4-5-9-21(20)31-25)12-16-14-29-19-7-3-2-6-17(16)19/h2-14,26,29H,1H3,(H,30,31). The Hall–Kier alpha value is -4.46. The second-order valence-corrected chi connectivity index (χ2v) is 7.52. The molecule has 2 aromatic heterocycles. The van der Waals surface area contributed by atoms with Gasteiger partial charge in [0.05, 0.1) is 23.7 Å². The van der Waals surface area contributed by atoms with Crippen molar-refractivity contribution in [3.8, 4) is 11.5 Å². The first-order valence-electron chi connectivity index (χ1n) is 10.4. The van der Waals surface area contributed by atoms with Gasteiger partial charge >= 0.3 is 6.61 Å². The summed E-state index contributed by atoms with van der Waals surface area (Å²) in [6, 6.07) is 19.3. The monoisotopic (exact) mass is 459 g/mol. The van der Waals surface area contributed by atoms with E-state index in [1.807, 2.05) is 54.7 Å². The van der Waals surface area contributed by atoms with Crippen molar-refractivity contribution in [2.75, 3.05) is 7.11 Å². The molecule has 2 N–H and O–H groups in total. The van der Waals surface area contributed by atoms with Gasteiger partial charge in [-0.2, -0.15) is 8.78 Å². The second kappa shape index (κ2) is 8.82. The van der Waals surface area contributed by atoms with Gasteiger partial charge in [0.25, 0.3) is 0 Å². The lowest BCUT2D eigenvalue weighted by Gasteiger charge is -2.11. The predicted octanol–water partition coefficient (Wildman–Crippen LogP) is 6.08. The maximum atomic E-state index is 13.7. The number of fused-ring (bicyclic) bond motifs is 2. The fourth-order valence-electron chi connectivity index (χ4n) is 3.85. The minimum Gasteiger partial charge on any atom is -0.493 e. The van der Waals surface area contributed by atoms with Crippen LogP contribution in [0.2, 0.25) is 0 Å². The van der Waals surface area contributed by atoms with Gasteiger partial charge in [-0.15, -0.1) is 0 Å². The van der Waals surface area contributed by atoms with Gasteiger partial charge in [0, 0.05) is 28.2 Å². The molecule has 2 heterocycles. The Morgan fingerprint density at radius 1 is 1.00 bits per heavy atom. The number of halogens is 2. The maximum absolute atomic E-state index is 13.7. The van der Waals surface area contributed by atoms with E-state index in [1.165, 1.54) is 25.3 Å². The fraction of sp³-hybridized carbons (Fsp3) is 0.0769. The molecule has 0 bridgehead atoms. The van der Waals surface area contributed by atoms with Crippen molar-refractivity contribution < 1.29 is 23.0 Å². The zero-order valence-corrected chi connectivity index (χ0v) is 18.0. The number of alkyl halides is 2. The number of aromatic amines is 2. The van der Waals surface area contributed by atoms with E-state index in [4.69, 9.17) is 4.74 Å². The Labute approximate surface area is 192 Å². The number of Topliss-reactive ketones (excluding diaryl/α,β-unsaturated/α-hetero) is 1. The highest BCUT2D eigenvalue weighted by molar-refractivity contribution is 6.32. The number of hydrogen-bond donors (Lipinski definition) is 2. The van der Waals surface area contributed by atoms with Gasteiger partial charge < -0.3 is 19.4 Å². The number of para-hydroxylation sites is 3. The molecule has 0 fully saturated rings. The van der Waals surface area contributed by atoms with Gasteiger partial charge in [-0.05, 0) is 42.5 Å². The molecule has 6 nitrogen and oxygen atoms in total. The molecule has 170 valence electrons. The summed E-state index contributed by atoms with van der Waals surface area (Å²) in [7, 11) is 1.32. The van der Waals surface area contributed by atoms with Crippen LogP contribution in [0.15, 0.2) is 72.9 Å². The average Bonchev–Trinajstić information content (AvgIpc) is 3.46. The summed E-state index contributed by atoms with van der Waals surface area (Å²) in [4.78, 5) is 24.7. The first-order chi connectivity index (χ1) is 16.5. The SMILES string of the molecule is COc1cc(C(=O)C(=Cc2c[nH]c3ccccc23)c2nc3ccccc3[nH]2)ccc1OC(F)F. The maximum Gasteiger partial charge on any atom is 0.387 e. The lowest BCUT2D eigenvalue weighted by molar-refractivity contribution is -0.0512. The fourth-order valence-corrected chi connectivity index (χ4v) is 3.85. The zero-order chi connectivity index (χ0) is 23.7. The summed E-state index contributed by atoms with van der Waals surface area (Å²) in [6.45, 7) is -3.01. The number of carbonyl (C=O) groups is 1. The molecule has 34 heavy (non-hydrogen) atoms. The number of ketones is 1. The third-order valence-electron chi connectivity index (χ3n) is 5.45. The van der Waals surface area contributed by atoms with Gasteiger partial charge in [0.2, 0.25) is 0 Å². The molecule has 0 saturated heterocycles. The van der Waals surface area contributed by atoms with Crippen LogP contribution in [0.1, 0.15) is 21.7 Å². The first-order valence-corrected chi connectivity index (χ1v) is 10.4. The van der Waals surface area contributed by atoms with Crippen molar-refractivity contribution in [3.05, 3.63) is 89.9 Å². The van der Waals surface area contributed by atoms with Crippen molar-refractivity contribution in [1.82, 2.24) is 15.0 Å². The molecular formula is C26H19F2N3O3. The molecule has 0 aliphatic heterocycles.